The molecule has 2 aromatic carbocycles. The first-order chi connectivity index (χ1) is 17.0. The number of benzene rings is 2. The Bertz CT molecular complexity index is 1490. The van der Waals surface area contributed by atoms with Gasteiger partial charge in [0.15, 0.2) is 14.6 Å². The standard InChI is InChI=1S/C23H24BrClN4O5S2/c1-27-19(21(24)35-22(27)26-23(31)32)14-28-7-9-29(10-8-28)20(30)6-11-36(33,34)18-5-3-15-12-17(25)4-2-16(15)13-18/h2-5,12-13H,6-11,14H2,1H3,(H,31,32). The Balaban J connectivity index is 1.33. The van der Waals surface area contributed by atoms with Crippen LogP contribution in [0.15, 0.2) is 50.1 Å². The van der Waals surface area contributed by atoms with Crippen molar-refractivity contribution in [3.8, 4) is 0 Å². The van der Waals surface area contributed by atoms with Crippen LogP contribution in [-0.4, -0.2) is 71.8 Å². The van der Waals surface area contributed by atoms with Gasteiger partial charge in [0.05, 0.1) is 20.1 Å². The van der Waals surface area contributed by atoms with Crippen LogP contribution in [0, 0.1) is 0 Å². The number of carbonyl (C=O) groups excluding carboxylic acids is 1. The average Bonchev–Trinajstić information content (AvgIpc) is 3.09. The van der Waals surface area contributed by atoms with Gasteiger partial charge in [-0.3, -0.25) is 9.69 Å². The zero-order valence-corrected chi connectivity index (χ0v) is 23.3. The van der Waals surface area contributed by atoms with Crippen LogP contribution >= 0.6 is 38.9 Å². The van der Waals surface area contributed by atoms with E-state index in [4.69, 9.17) is 16.7 Å². The van der Waals surface area contributed by atoms with E-state index >= 15 is 0 Å². The Morgan fingerprint density at radius 1 is 1.11 bits per heavy atom. The van der Waals surface area contributed by atoms with Crippen LogP contribution in [0.25, 0.3) is 10.8 Å². The van der Waals surface area contributed by atoms with Crippen molar-refractivity contribution in [3.63, 3.8) is 0 Å². The van der Waals surface area contributed by atoms with Gasteiger partial charge in [-0.25, -0.2) is 13.2 Å². The molecule has 2 amide bonds. The fourth-order valence-corrected chi connectivity index (χ4v) is 7.17. The lowest BCUT2D eigenvalue weighted by Crippen LogP contribution is -2.48. The summed E-state index contributed by atoms with van der Waals surface area (Å²) in [5, 5.41) is 11.1. The monoisotopic (exact) mass is 614 g/mol. The minimum Gasteiger partial charge on any atom is -0.463 e. The van der Waals surface area contributed by atoms with Crippen molar-refractivity contribution in [3.05, 3.63) is 55.7 Å². The SMILES string of the molecule is Cn1c(CN2CCN(C(=O)CCS(=O)(=O)c3ccc4cc(Cl)ccc4c3)CC2)c(Br)sc1=NC(=O)O. The molecular formula is C23H24BrClN4O5S2. The zero-order chi connectivity index (χ0) is 26.0. The number of aromatic nitrogens is 1. The van der Waals surface area contributed by atoms with Crippen molar-refractivity contribution >= 4 is 71.5 Å². The Morgan fingerprint density at radius 2 is 1.78 bits per heavy atom. The number of thiazole rings is 1. The molecule has 1 saturated heterocycles. The summed E-state index contributed by atoms with van der Waals surface area (Å²) in [6, 6.07) is 10.1. The van der Waals surface area contributed by atoms with Gasteiger partial charge in [-0.1, -0.05) is 35.1 Å². The highest BCUT2D eigenvalue weighted by atomic mass is 79.9. The van der Waals surface area contributed by atoms with E-state index in [0.29, 0.717) is 42.5 Å². The van der Waals surface area contributed by atoms with Gasteiger partial charge in [0, 0.05) is 51.2 Å². The molecule has 0 aliphatic carbocycles. The maximum atomic E-state index is 12.9. The topological polar surface area (TPSA) is 112 Å². The normalized spacial score (nSPS) is 15.5. The molecule has 9 nitrogen and oxygen atoms in total. The van der Waals surface area contributed by atoms with Crippen molar-refractivity contribution in [1.29, 1.82) is 0 Å². The van der Waals surface area contributed by atoms with Crippen molar-refractivity contribution < 1.29 is 23.1 Å². The second kappa shape index (κ2) is 11.0. The quantitative estimate of drug-likeness (QED) is 0.452. The van der Waals surface area contributed by atoms with E-state index in [0.717, 1.165) is 20.3 Å². The van der Waals surface area contributed by atoms with E-state index in [1.165, 1.54) is 11.3 Å². The number of carbonyl (C=O) groups is 2. The third kappa shape index (κ3) is 6.17. The first kappa shape index (κ1) is 26.8. The van der Waals surface area contributed by atoms with Gasteiger partial charge < -0.3 is 14.6 Å². The molecule has 0 atom stereocenters. The van der Waals surface area contributed by atoms with Crippen LogP contribution in [-0.2, 0) is 28.2 Å². The van der Waals surface area contributed by atoms with Gasteiger partial charge in [0.1, 0.15) is 0 Å². The van der Waals surface area contributed by atoms with E-state index in [-0.39, 0.29) is 23.0 Å². The highest BCUT2D eigenvalue weighted by molar-refractivity contribution is 9.11. The maximum absolute atomic E-state index is 12.9. The van der Waals surface area contributed by atoms with Gasteiger partial charge in [0.25, 0.3) is 0 Å². The predicted octanol–water partition coefficient (Wildman–Crippen LogP) is 3.74. The number of carboxylic acid groups (broad SMARTS) is 1. The van der Waals surface area contributed by atoms with E-state index in [2.05, 4.69) is 25.8 Å². The maximum Gasteiger partial charge on any atom is 0.433 e. The van der Waals surface area contributed by atoms with Crippen LogP contribution in [0.3, 0.4) is 0 Å². The fourth-order valence-electron chi connectivity index (χ4n) is 4.06. The molecular weight excluding hydrogens is 592 g/mol. The Kier molecular flexibility index (Phi) is 8.20. The Labute approximate surface area is 225 Å². The first-order valence-electron chi connectivity index (χ1n) is 11.1. The number of fused-ring (bicyclic) bond motifs is 1. The third-order valence-corrected chi connectivity index (χ3v) is 9.96. The molecule has 1 fully saturated rings. The van der Waals surface area contributed by atoms with Crippen LogP contribution in [0.2, 0.25) is 5.02 Å². The molecule has 3 aromatic rings. The fraction of sp³-hybridized carbons (Fsp3) is 0.348. The third-order valence-electron chi connectivity index (χ3n) is 6.11. The molecule has 1 aliphatic heterocycles. The summed E-state index contributed by atoms with van der Waals surface area (Å²) in [6.45, 7) is 2.81. The molecule has 13 heteroatoms. The summed E-state index contributed by atoms with van der Waals surface area (Å²) >= 11 is 10.7. The van der Waals surface area contributed by atoms with Gasteiger partial charge in [-0.15, -0.1) is 4.99 Å². The second-order valence-electron chi connectivity index (χ2n) is 8.44. The number of sulfone groups is 1. The number of hydrogen-bond donors (Lipinski definition) is 1. The average molecular weight is 616 g/mol. The molecule has 0 saturated carbocycles. The predicted molar refractivity (Wildman–Crippen MR) is 142 cm³/mol. The lowest BCUT2D eigenvalue weighted by atomic mass is 10.1. The molecule has 0 unspecified atom stereocenters. The number of halogens is 2. The molecule has 0 bridgehead atoms. The molecule has 1 aromatic heterocycles. The smallest absolute Gasteiger partial charge is 0.433 e. The van der Waals surface area contributed by atoms with Crippen LogP contribution in [0.5, 0.6) is 0 Å². The van der Waals surface area contributed by atoms with E-state index in [9.17, 15) is 18.0 Å². The molecule has 0 spiro atoms. The van der Waals surface area contributed by atoms with E-state index < -0.39 is 15.9 Å². The largest absolute Gasteiger partial charge is 0.463 e. The van der Waals surface area contributed by atoms with E-state index in [1.807, 2.05) is 0 Å². The van der Waals surface area contributed by atoms with Crippen LogP contribution in [0.4, 0.5) is 4.79 Å². The molecule has 36 heavy (non-hydrogen) atoms. The number of nitrogens with zero attached hydrogens (tertiary/aromatic N) is 4. The summed E-state index contributed by atoms with van der Waals surface area (Å²) in [7, 11) is -1.84. The van der Waals surface area contributed by atoms with Crippen molar-refractivity contribution in [2.24, 2.45) is 12.0 Å². The zero-order valence-electron chi connectivity index (χ0n) is 19.4. The molecule has 192 valence electrons. The molecule has 2 heterocycles. The Morgan fingerprint density at radius 3 is 2.47 bits per heavy atom. The lowest BCUT2D eigenvalue weighted by Gasteiger charge is -2.34. The first-order valence-corrected chi connectivity index (χ1v) is 14.7. The highest BCUT2D eigenvalue weighted by Gasteiger charge is 2.25. The number of rotatable bonds is 6. The molecule has 1 aliphatic rings. The number of piperazine rings is 1. The number of amides is 2. The summed E-state index contributed by atoms with van der Waals surface area (Å²) in [5.74, 6) is -0.436. The summed E-state index contributed by atoms with van der Waals surface area (Å²) in [6.07, 6.45) is -1.32. The van der Waals surface area contributed by atoms with Crippen LogP contribution < -0.4 is 4.80 Å². The minimum absolute atomic E-state index is 0.0773. The van der Waals surface area contributed by atoms with Gasteiger partial charge in [0.2, 0.25) is 5.91 Å². The van der Waals surface area contributed by atoms with Crippen molar-refractivity contribution in [2.75, 3.05) is 31.9 Å². The van der Waals surface area contributed by atoms with Crippen molar-refractivity contribution in [2.45, 2.75) is 17.9 Å². The van der Waals surface area contributed by atoms with Gasteiger partial charge >= 0.3 is 6.09 Å². The molecule has 4 rings (SSSR count). The molecule has 1 N–H and O–H groups in total. The second-order valence-corrected chi connectivity index (χ2v) is 13.3. The highest BCUT2D eigenvalue weighted by Crippen LogP contribution is 2.24. The number of hydrogen-bond acceptors (Lipinski definition) is 6. The van der Waals surface area contributed by atoms with Crippen LogP contribution in [0.1, 0.15) is 12.1 Å². The Hall–Kier alpha value is -2.25. The lowest BCUT2D eigenvalue weighted by molar-refractivity contribution is -0.132. The summed E-state index contributed by atoms with van der Waals surface area (Å²) in [5.41, 5.74) is 0.906. The van der Waals surface area contributed by atoms with Crippen molar-refractivity contribution in [1.82, 2.24) is 14.4 Å². The molecule has 0 radical (unpaired) electrons. The van der Waals surface area contributed by atoms with Gasteiger partial charge in [-0.05, 0) is 51.0 Å². The summed E-state index contributed by atoms with van der Waals surface area (Å²) < 4.78 is 28.3. The van der Waals surface area contributed by atoms with E-state index in [1.54, 1.807) is 52.9 Å². The van der Waals surface area contributed by atoms with Gasteiger partial charge in [-0.2, -0.15) is 0 Å². The summed E-state index contributed by atoms with van der Waals surface area (Å²) in [4.78, 5) is 31.7. The minimum atomic E-state index is -3.61.